The molecule has 0 N–H and O–H groups in total. The summed E-state index contributed by atoms with van der Waals surface area (Å²) in [6.07, 6.45) is 6.92. The lowest BCUT2D eigenvalue weighted by Crippen LogP contribution is -2.53. The highest BCUT2D eigenvalue weighted by atomic mass is 28.4. The fraction of sp³-hybridized carbons (Fsp3) is 0.810. The van der Waals surface area contributed by atoms with Crippen LogP contribution in [0.1, 0.15) is 48.0 Å². The first kappa shape index (κ1) is 23.8. The summed E-state index contributed by atoms with van der Waals surface area (Å²) in [7, 11) is -3.82. The summed E-state index contributed by atoms with van der Waals surface area (Å²) in [4.78, 5) is 0. The van der Waals surface area contributed by atoms with Crippen molar-refractivity contribution in [1.82, 2.24) is 0 Å². The molecule has 0 unspecified atom stereocenters. The molecule has 0 amide bonds. The normalized spacial score (nSPS) is 24.9. The predicted octanol–water partition coefficient (Wildman–Crippen LogP) is 6.30. The van der Waals surface area contributed by atoms with E-state index in [0.717, 1.165) is 6.42 Å². The van der Waals surface area contributed by atoms with Gasteiger partial charge in [0, 0.05) is 0 Å². The van der Waals surface area contributed by atoms with Gasteiger partial charge in [-0.3, -0.25) is 0 Å². The fourth-order valence-corrected chi connectivity index (χ4v) is 4.89. The molecule has 0 aromatic carbocycles. The third kappa shape index (κ3) is 5.89. The Balaban J connectivity index is 3.01. The van der Waals surface area contributed by atoms with E-state index < -0.39 is 16.6 Å². The zero-order valence-electron chi connectivity index (χ0n) is 18.8. The summed E-state index contributed by atoms with van der Waals surface area (Å²) in [5.41, 5.74) is 0. The van der Waals surface area contributed by atoms with Gasteiger partial charge in [0.2, 0.25) is 0 Å². The minimum absolute atomic E-state index is 0.0289. The molecule has 152 valence electrons. The molecule has 0 saturated carbocycles. The molecule has 26 heavy (non-hydrogen) atoms. The van der Waals surface area contributed by atoms with Gasteiger partial charge < -0.3 is 13.6 Å². The molecule has 5 heteroatoms. The summed E-state index contributed by atoms with van der Waals surface area (Å²) in [6, 6.07) is 0. The Kier molecular flexibility index (Phi) is 7.73. The van der Waals surface area contributed by atoms with Crippen LogP contribution in [0.5, 0.6) is 0 Å². The third-order valence-electron chi connectivity index (χ3n) is 6.24. The van der Waals surface area contributed by atoms with Gasteiger partial charge in [-0.15, -0.1) is 6.58 Å². The molecule has 0 heterocycles. The average Bonchev–Trinajstić information content (AvgIpc) is 2.78. The molecule has 3 atom stereocenters. The van der Waals surface area contributed by atoms with Crippen molar-refractivity contribution >= 4 is 16.6 Å². The minimum Gasteiger partial charge on any atom is -0.408 e. The maximum Gasteiger partial charge on any atom is 0.193 e. The van der Waals surface area contributed by atoms with E-state index in [2.05, 4.69) is 86.5 Å². The summed E-state index contributed by atoms with van der Waals surface area (Å²) in [5.74, 6) is 0. The smallest absolute Gasteiger partial charge is 0.193 e. The highest BCUT2D eigenvalue weighted by Gasteiger charge is 2.47. The Bertz CT molecular complexity index is 498. The number of ether oxygens (including phenoxy) is 1. The zero-order valence-corrected chi connectivity index (χ0v) is 20.8. The molecule has 0 spiro atoms. The van der Waals surface area contributed by atoms with Crippen LogP contribution in [-0.4, -0.2) is 41.6 Å². The lowest BCUT2D eigenvalue weighted by Gasteiger charge is -2.44. The third-order valence-corrected chi connectivity index (χ3v) is 15.2. The lowest BCUT2D eigenvalue weighted by atomic mass is 10.2. The molecular formula is C21H42O3Si2. The van der Waals surface area contributed by atoms with Gasteiger partial charge in [0.1, 0.15) is 12.2 Å². The lowest BCUT2D eigenvalue weighted by molar-refractivity contribution is -0.0317. The first-order chi connectivity index (χ1) is 11.6. The Morgan fingerprint density at radius 1 is 0.846 bits per heavy atom. The molecule has 1 aliphatic carbocycles. The minimum atomic E-state index is -1.93. The second-order valence-electron chi connectivity index (χ2n) is 10.5. The number of hydrogen-bond acceptors (Lipinski definition) is 3. The molecule has 1 aliphatic rings. The van der Waals surface area contributed by atoms with Crippen molar-refractivity contribution < 1.29 is 13.6 Å². The van der Waals surface area contributed by atoms with Gasteiger partial charge in [0.25, 0.3) is 0 Å². The molecule has 0 saturated heterocycles. The van der Waals surface area contributed by atoms with Gasteiger partial charge in [0.15, 0.2) is 16.6 Å². The van der Waals surface area contributed by atoms with E-state index in [9.17, 15) is 0 Å². The number of hydrogen-bond donors (Lipinski definition) is 0. The van der Waals surface area contributed by atoms with Gasteiger partial charge in [-0.05, 0) is 42.7 Å². The highest BCUT2D eigenvalue weighted by Crippen LogP contribution is 2.42. The Hall–Kier alpha value is -0.206. The van der Waals surface area contributed by atoms with Gasteiger partial charge in [-0.2, -0.15) is 0 Å². The monoisotopic (exact) mass is 398 g/mol. The van der Waals surface area contributed by atoms with Crippen LogP contribution in [0.25, 0.3) is 0 Å². The van der Waals surface area contributed by atoms with Crippen LogP contribution in [0.15, 0.2) is 24.8 Å². The topological polar surface area (TPSA) is 27.7 Å². The fourth-order valence-electron chi connectivity index (χ4n) is 2.34. The predicted molar refractivity (Wildman–Crippen MR) is 118 cm³/mol. The Morgan fingerprint density at radius 3 is 1.77 bits per heavy atom. The first-order valence-corrected chi connectivity index (χ1v) is 15.7. The van der Waals surface area contributed by atoms with Crippen molar-refractivity contribution in [1.29, 1.82) is 0 Å². The Morgan fingerprint density at radius 2 is 1.31 bits per heavy atom. The van der Waals surface area contributed by atoms with E-state index in [0.29, 0.717) is 6.61 Å². The summed E-state index contributed by atoms with van der Waals surface area (Å²) in [5, 5.41) is 0.326. The van der Waals surface area contributed by atoms with Crippen LogP contribution in [0, 0.1) is 0 Å². The molecule has 0 aromatic rings. The second kappa shape index (κ2) is 8.43. The van der Waals surface area contributed by atoms with Gasteiger partial charge in [0.05, 0.1) is 12.7 Å². The van der Waals surface area contributed by atoms with Crippen LogP contribution in [0.4, 0.5) is 0 Å². The summed E-state index contributed by atoms with van der Waals surface area (Å²) in [6.45, 7) is 27.3. The SMILES string of the molecule is C=CCCO[C@@H]1C=C[C@@H](O[Si](C)(C)C(C)(C)C)[C@H]1O[Si](C)(C)C(C)(C)C. The van der Waals surface area contributed by atoms with Gasteiger partial charge >= 0.3 is 0 Å². The average molecular weight is 399 g/mol. The summed E-state index contributed by atoms with van der Waals surface area (Å²) >= 11 is 0. The molecule has 0 aromatic heterocycles. The van der Waals surface area contributed by atoms with E-state index in [1.807, 2.05) is 6.08 Å². The molecule has 0 fully saturated rings. The van der Waals surface area contributed by atoms with E-state index in [4.69, 9.17) is 13.6 Å². The molecule has 0 aliphatic heterocycles. The van der Waals surface area contributed by atoms with Crippen molar-refractivity contribution in [3.05, 3.63) is 24.8 Å². The molecular weight excluding hydrogens is 356 g/mol. The standard InChI is InChI=1S/C21H42O3Si2/c1-12-13-16-22-17-14-15-18(23-25(8,9)20(2,3)4)19(17)24-26(10,11)21(5,6)7/h12,14-15,17-19H,1,13,16H2,2-11H3/t17-,18-,19+/m1/s1. The van der Waals surface area contributed by atoms with E-state index >= 15 is 0 Å². The highest BCUT2D eigenvalue weighted by molar-refractivity contribution is 6.74. The first-order valence-electron chi connectivity index (χ1n) is 9.89. The maximum absolute atomic E-state index is 6.80. The van der Waals surface area contributed by atoms with Crippen LogP contribution in [0.3, 0.4) is 0 Å². The quantitative estimate of drug-likeness (QED) is 0.273. The molecule has 0 bridgehead atoms. The second-order valence-corrected chi connectivity index (χ2v) is 20.0. The zero-order chi connectivity index (χ0) is 20.4. The van der Waals surface area contributed by atoms with E-state index in [1.165, 1.54) is 0 Å². The van der Waals surface area contributed by atoms with Crippen LogP contribution in [0.2, 0.25) is 36.3 Å². The number of rotatable bonds is 8. The van der Waals surface area contributed by atoms with Crippen molar-refractivity contribution in [2.24, 2.45) is 0 Å². The van der Waals surface area contributed by atoms with Gasteiger partial charge in [-0.25, -0.2) is 0 Å². The van der Waals surface area contributed by atoms with Crippen LogP contribution >= 0.6 is 0 Å². The summed E-state index contributed by atoms with van der Waals surface area (Å²) < 4.78 is 19.6. The van der Waals surface area contributed by atoms with Gasteiger partial charge in [-0.1, -0.05) is 59.8 Å². The largest absolute Gasteiger partial charge is 0.408 e. The van der Waals surface area contributed by atoms with Crippen LogP contribution in [-0.2, 0) is 13.6 Å². The van der Waals surface area contributed by atoms with E-state index in [1.54, 1.807) is 0 Å². The Labute approximate surface area is 164 Å². The van der Waals surface area contributed by atoms with Crippen molar-refractivity contribution in [2.45, 2.75) is 103 Å². The molecule has 0 radical (unpaired) electrons. The molecule has 1 rings (SSSR count). The van der Waals surface area contributed by atoms with E-state index in [-0.39, 0.29) is 28.4 Å². The maximum atomic E-state index is 6.80. The van der Waals surface area contributed by atoms with Crippen molar-refractivity contribution in [3.8, 4) is 0 Å². The molecule has 3 nitrogen and oxygen atoms in total. The van der Waals surface area contributed by atoms with Crippen molar-refractivity contribution in [2.75, 3.05) is 6.61 Å². The van der Waals surface area contributed by atoms with Crippen molar-refractivity contribution in [3.63, 3.8) is 0 Å². The van der Waals surface area contributed by atoms with Crippen LogP contribution < -0.4 is 0 Å².